The van der Waals surface area contributed by atoms with Gasteiger partial charge in [-0.1, -0.05) is 0 Å². The zero-order chi connectivity index (χ0) is 20.2. The molecule has 1 aromatic carbocycles. The van der Waals surface area contributed by atoms with Crippen LogP contribution in [-0.2, 0) is 32.0 Å². The molecule has 3 aliphatic rings. The third-order valence-electron chi connectivity index (χ3n) is 5.78. The molecule has 0 spiro atoms. The summed E-state index contributed by atoms with van der Waals surface area (Å²) in [6.07, 6.45) is 3.76. The first-order chi connectivity index (χ1) is 14.1. The van der Waals surface area contributed by atoms with Gasteiger partial charge in [0, 0.05) is 38.3 Å². The Morgan fingerprint density at radius 3 is 2.55 bits per heavy atom. The number of nitrogens with zero attached hydrogens (tertiary/aromatic N) is 2. The van der Waals surface area contributed by atoms with Crippen molar-refractivity contribution in [3.63, 3.8) is 0 Å². The number of hydrogen-bond donors (Lipinski definition) is 2. The van der Waals surface area contributed by atoms with Gasteiger partial charge in [0.05, 0.1) is 18.9 Å². The van der Waals surface area contributed by atoms with Gasteiger partial charge in [-0.25, -0.2) is 0 Å². The Morgan fingerprint density at radius 1 is 1.00 bits per heavy atom. The van der Waals surface area contributed by atoms with E-state index in [0.717, 1.165) is 75.5 Å². The number of ether oxygens (including phenoxy) is 1. The zero-order valence-electron chi connectivity index (χ0n) is 16.7. The number of anilines is 2. The van der Waals surface area contributed by atoms with E-state index in [9.17, 15) is 14.4 Å². The number of benzene rings is 1. The fourth-order valence-electron chi connectivity index (χ4n) is 4.32. The van der Waals surface area contributed by atoms with Gasteiger partial charge in [0.15, 0.2) is 0 Å². The molecule has 8 nitrogen and oxygen atoms in total. The van der Waals surface area contributed by atoms with Gasteiger partial charge in [0.2, 0.25) is 5.91 Å². The molecule has 29 heavy (non-hydrogen) atoms. The predicted octanol–water partition coefficient (Wildman–Crippen LogP) is 0.689. The molecule has 156 valence electrons. The van der Waals surface area contributed by atoms with E-state index in [2.05, 4.69) is 15.5 Å². The number of nitrogens with one attached hydrogen (secondary N) is 2. The minimum Gasteiger partial charge on any atom is -0.379 e. The average Bonchev–Trinajstić information content (AvgIpc) is 2.74. The van der Waals surface area contributed by atoms with Crippen molar-refractivity contribution >= 4 is 29.1 Å². The molecule has 0 atom stereocenters. The van der Waals surface area contributed by atoms with E-state index in [-0.39, 0.29) is 5.91 Å². The first-order valence-electron chi connectivity index (χ1n) is 10.5. The molecule has 2 N–H and O–H groups in total. The van der Waals surface area contributed by atoms with Crippen LogP contribution >= 0.6 is 0 Å². The van der Waals surface area contributed by atoms with Gasteiger partial charge >= 0.3 is 11.8 Å². The maximum atomic E-state index is 12.3. The van der Waals surface area contributed by atoms with Crippen LogP contribution in [-0.4, -0.2) is 68.6 Å². The third-order valence-corrected chi connectivity index (χ3v) is 5.78. The summed E-state index contributed by atoms with van der Waals surface area (Å²) in [5.41, 5.74) is 3.78. The minimum atomic E-state index is -0.650. The normalized spacial score (nSPS) is 18.9. The van der Waals surface area contributed by atoms with Crippen molar-refractivity contribution in [2.24, 2.45) is 0 Å². The molecule has 4 rings (SSSR count). The molecule has 0 saturated carbocycles. The lowest BCUT2D eigenvalue weighted by Gasteiger charge is -2.35. The largest absolute Gasteiger partial charge is 0.379 e. The Morgan fingerprint density at radius 2 is 1.76 bits per heavy atom. The molecule has 1 fully saturated rings. The smallest absolute Gasteiger partial charge is 0.313 e. The van der Waals surface area contributed by atoms with Gasteiger partial charge in [0.1, 0.15) is 0 Å². The summed E-state index contributed by atoms with van der Waals surface area (Å²) in [7, 11) is 0. The van der Waals surface area contributed by atoms with Crippen LogP contribution in [0, 0.1) is 0 Å². The highest BCUT2D eigenvalue weighted by Gasteiger charge is 2.30. The second-order valence-electron chi connectivity index (χ2n) is 7.81. The van der Waals surface area contributed by atoms with Crippen LogP contribution in [0.1, 0.15) is 30.4 Å². The molecule has 0 aliphatic carbocycles. The lowest BCUT2D eigenvalue weighted by atomic mass is 9.91. The van der Waals surface area contributed by atoms with Gasteiger partial charge in [-0.05, 0) is 55.5 Å². The van der Waals surface area contributed by atoms with Crippen molar-refractivity contribution in [2.45, 2.75) is 32.1 Å². The second-order valence-corrected chi connectivity index (χ2v) is 7.81. The first kappa shape index (κ1) is 19.8. The topological polar surface area (TPSA) is 91.0 Å². The van der Waals surface area contributed by atoms with Crippen LogP contribution < -0.4 is 15.5 Å². The summed E-state index contributed by atoms with van der Waals surface area (Å²) < 4.78 is 5.31. The number of aryl methyl sites for hydroxylation is 2. The highest BCUT2D eigenvalue weighted by atomic mass is 16.5. The van der Waals surface area contributed by atoms with Crippen LogP contribution in [0.15, 0.2) is 12.1 Å². The molecule has 0 radical (unpaired) electrons. The van der Waals surface area contributed by atoms with E-state index in [1.807, 2.05) is 17.0 Å². The van der Waals surface area contributed by atoms with Crippen LogP contribution in [0.5, 0.6) is 0 Å². The Balaban J connectivity index is 1.30. The molecule has 1 aromatic rings. The molecule has 3 heterocycles. The fraction of sp³-hybridized carbons (Fsp3) is 0.571. The zero-order valence-corrected chi connectivity index (χ0v) is 16.7. The molecule has 0 bridgehead atoms. The monoisotopic (exact) mass is 400 g/mol. The van der Waals surface area contributed by atoms with E-state index >= 15 is 0 Å². The molecule has 3 amide bonds. The molecule has 1 saturated heterocycles. The highest BCUT2D eigenvalue weighted by Crippen LogP contribution is 2.37. The van der Waals surface area contributed by atoms with Gasteiger partial charge in [-0.3, -0.25) is 19.3 Å². The Kier molecular flexibility index (Phi) is 6.10. The SMILES string of the molecule is O=C(NCCCN1CCOCC1)C(=O)Nc1cc2c3c(c1)CCC(=O)N3CCC2. The lowest BCUT2D eigenvalue weighted by molar-refractivity contribution is -0.136. The van der Waals surface area contributed by atoms with Crippen LogP contribution in [0.25, 0.3) is 0 Å². The van der Waals surface area contributed by atoms with E-state index in [1.165, 1.54) is 0 Å². The third kappa shape index (κ3) is 4.59. The summed E-state index contributed by atoms with van der Waals surface area (Å²) in [6.45, 7) is 5.45. The number of rotatable bonds is 5. The number of carbonyl (C=O) groups excluding carboxylic acids is 3. The Labute approximate surface area is 170 Å². The summed E-state index contributed by atoms with van der Waals surface area (Å²) in [4.78, 5) is 40.7. The van der Waals surface area contributed by atoms with Crippen molar-refractivity contribution in [1.29, 1.82) is 0 Å². The van der Waals surface area contributed by atoms with Crippen LogP contribution in [0.4, 0.5) is 11.4 Å². The Bertz CT molecular complexity index is 787. The summed E-state index contributed by atoms with van der Waals surface area (Å²) in [6, 6.07) is 3.79. The summed E-state index contributed by atoms with van der Waals surface area (Å²) >= 11 is 0. The van der Waals surface area contributed by atoms with Gasteiger partial charge < -0.3 is 20.3 Å². The average molecular weight is 400 g/mol. The van der Waals surface area contributed by atoms with Crippen molar-refractivity contribution in [3.05, 3.63) is 23.3 Å². The van der Waals surface area contributed by atoms with Gasteiger partial charge in [-0.15, -0.1) is 0 Å². The van der Waals surface area contributed by atoms with E-state index in [4.69, 9.17) is 4.74 Å². The number of hydrogen-bond acceptors (Lipinski definition) is 5. The lowest BCUT2D eigenvalue weighted by Crippen LogP contribution is -2.40. The fourth-order valence-corrected chi connectivity index (χ4v) is 4.32. The minimum absolute atomic E-state index is 0.173. The second kappa shape index (κ2) is 8.92. The standard InChI is InChI=1S/C21H28N4O4/c26-18-5-4-16-14-17(13-15-3-1-8-25(18)19(15)16)23-21(28)20(27)22-6-2-7-24-9-11-29-12-10-24/h13-14H,1-12H2,(H,22,27)(H,23,28). The van der Waals surface area contributed by atoms with E-state index in [0.29, 0.717) is 25.1 Å². The maximum absolute atomic E-state index is 12.3. The molecule has 3 aliphatic heterocycles. The van der Waals surface area contributed by atoms with Gasteiger partial charge in [-0.2, -0.15) is 0 Å². The van der Waals surface area contributed by atoms with Crippen molar-refractivity contribution in [2.75, 3.05) is 56.2 Å². The van der Waals surface area contributed by atoms with Crippen molar-refractivity contribution in [1.82, 2.24) is 10.2 Å². The summed E-state index contributed by atoms with van der Waals surface area (Å²) in [5, 5.41) is 5.42. The van der Waals surface area contributed by atoms with E-state index < -0.39 is 11.8 Å². The number of morpholine rings is 1. The van der Waals surface area contributed by atoms with Crippen LogP contribution in [0.2, 0.25) is 0 Å². The van der Waals surface area contributed by atoms with Crippen molar-refractivity contribution < 1.29 is 19.1 Å². The quantitative estimate of drug-likeness (QED) is 0.561. The predicted molar refractivity (Wildman–Crippen MR) is 109 cm³/mol. The summed E-state index contributed by atoms with van der Waals surface area (Å²) in [5.74, 6) is -1.09. The molecular formula is C21H28N4O4. The first-order valence-corrected chi connectivity index (χ1v) is 10.5. The van der Waals surface area contributed by atoms with Crippen molar-refractivity contribution in [3.8, 4) is 0 Å². The molecule has 0 unspecified atom stereocenters. The maximum Gasteiger partial charge on any atom is 0.313 e. The number of carbonyl (C=O) groups is 3. The Hall–Kier alpha value is -2.45. The molecular weight excluding hydrogens is 372 g/mol. The molecule has 0 aromatic heterocycles. The van der Waals surface area contributed by atoms with Crippen LogP contribution in [0.3, 0.4) is 0 Å². The highest BCUT2D eigenvalue weighted by molar-refractivity contribution is 6.39. The molecule has 8 heteroatoms. The van der Waals surface area contributed by atoms with Gasteiger partial charge in [0.25, 0.3) is 0 Å². The number of amides is 3. The van der Waals surface area contributed by atoms with E-state index in [1.54, 1.807) is 0 Å².